The molecule has 1 amide bonds. The van der Waals surface area contributed by atoms with Crippen LogP contribution < -0.4 is 15.2 Å². The van der Waals surface area contributed by atoms with Crippen LogP contribution in [0.15, 0.2) is 51.8 Å². The minimum Gasteiger partial charge on any atom is -0.495 e. The van der Waals surface area contributed by atoms with Gasteiger partial charge in [-0.15, -0.1) is 0 Å². The van der Waals surface area contributed by atoms with Gasteiger partial charge in [0, 0.05) is 4.47 Å². The van der Waals surface area contributed by atoms with Crippen molar-refractivity contribution >= 4 is 37.5 Å². The lowest BCUT2D eigenvalue weighted by Crippen LogP contribution is -2.16. The highest BCUT2D eigenvalue weighted by atomic mass is 79.9. The summed E-state index contributed by atoms with van der Waals surface area (Å²) in [7, 11) is -2.40. The first-order valence-electron chi connectivity index (χ1n) is 6.09. The van der Waals surface area contributed by atoms with Crippen LogP contribution in [0, 0.1) is 0 Å². The van der Waals surface area contributed by atoms with E-state index < -0.39 is 15.9 Å². The van der Waals surface area contributed by atoms with Gasteiger partial charge in [0.05, 0.1) is 23.3 Å². The Morgan fingerprint density at radius 2 is 1.91 bits per heavy atom. The van der Waals surface area contributed by atoms with Gasteiger partial charge in [-0.2, -0.15) is 0 Å². The Morgan fingerprint density at radius 3 is 2.55 bits per heavy atom. The summed E-state index contributed by atoms with van der Waals surface area (Å²) in [5, 5.41) is 7.75. The maximum atomic E-state index is 12.3. The summed E-state index contributed by atoms with van der Waals surface area (Å²) < 4.78 is 28.4. The van der Waals surface area contributed by atoms with Crippen molar-refractivity contribution in [2.45, 2.75) is 4.90 Å². The number of ether oxygens (including phenoxy) is 1. The molecule has 0 aliphatic carbocycles. The molecule has 2 rings (SSSR count). The highest BCUT2D eigenvalue weighted by Gasteiger charge is 2.16. The van der Waals surface area contributed by atoms with E-state index in [2.05, 4.69) is 21.2 Å². The highest BCUT2D eigenvalue weighted by Crippen LogP contribution is 2.26. The van der Waals surface area contributed by atoms with Crippen molar-refractivity contribution in [3.63, 3.8) is 0 Å². The largest absolute Gasteiger partial charge is 0.495 e. The number of hydrogen-bond donors (Lipinski definition) is 2. The Kier molecular flexibility index (Phi) is 4.84. The van der Waals surface area contributed by atoms with Crippen molar-refractivity contribution in [3.05, 3.63) is 52.5 Å². The second-order valence-corrected chi connectivity index (χ2v) is 6.76. The minimum absolute atomic E-state index is 0.138. The number of primary sulfonamides is 1. The van der Waals surface area contributed by atoms with Gasteiger partial charge >= 0.3 is 0 Å². The van der Waals surface area contributed by atoms with E-state index >= 15 is 0 Å². The maximum Gasteiger partial charge on any atom is 0.256 e. The monoisotopic (exact) mass is 384 g/mol. The number of carbonyl (C=O) groups excluding carboxylic acids is 1. The van der Waals surface area contributed by atoms with E-state index in [1.807, 2.05) is 0 Å². The molecule has 6 nitrogen and oxygen atoms in total. The van der Waals surface area contributed by atoms with E-state index in [4.69, 9.17) is 9.88 Å². The van der Waals surface area contributed by atoms with Gasteiger partial charge in [-0.1, -0.05) is 12.1 Å². The quantitative estimate of drug-likeness (QED) is 0.844. The summed E-state index contributed by atoms with van der Waals surface area (Å²) >= 11 is 3.22. The standard InChI is InChI=1S/C14H13BrN2O4S/c1-21-13-5-3-2-4-12(13)17-14(18)10-8-9(22(16,19)20)6-7-11(10)15/h2-8H,1H3,(H,17,18)(H2,16,19,20). The second-order valence-electron chi connectivity index (χ2n) is 4.34. The zero-order valence-corrected chi connectivity index (χ0v) is 13.9. The summed E-state index contributed by atoms with van der Waals surface area (Å²) in [6.45, 7) is 0. The number of halogens is 1. The van der Waals surface area contributed by atoms with Crippen LogP contribution in [0.25, 0.3) is 0 Å². The lowest BCUT2D eigenvalue weighted by atomic mass is 10.2. The number of anilines is 1. The van der Waals surface area contributed by atoms with Crippen molar-refractivity contribution in [2.24, 2.45) is 5.14 Å². The number of para-hydroxylation sites is 2. The van der Waals surface area contributed by atoms with Crippen LogP contribution >= 0.6 is 15.9 Å². The van der Waals surface area contributed by atoms with Gasteiger partial charge in [-0.25, -0.2) is 13.6 Å². The third kappa shape index (κ3) is 3.65. The molecule has 0 fully saturated rings. The molecule has 8 heteroatoms. The molecule has 0 aromatic heterocycles. The fourth-order valence-electron chi connectivity index (χ4n) is 1.79. The van der Waals surface area contributed by atoms with Crippen LogP contribution in [0.3, 0.4) is 0 Å². The zero-order valence-electron chi connectivity index (χ0n) is 11.5. The molecule has 116 valence electrons. The van der Waals surface area contributed by atoms with E-state index in [1.54, 1.807) is 24.3 Å². The van der Waals surface area contributed by atoms with E-state index in [-0.39, 0.29) is 10.5 Å². The molecule has 0 aliphatic heterocycles. The van der Waals surface area contributed by atoms with Gasteiger partial charge < -0.3 is 10.1 Å². The number of amides is 1. The number of methoxy groups -OCH3 is 1. The number of rotatable bonds is 4. The zero-order chi connectivity index (χ0) is 16.3. The Hall–Kier alpha value is -1.90. The molecule has 0 spiro atoms. The van der Waals surface area contributed by atoms with Gasteiger partial charge in [-0.05, 0) is 46.3 Å². The summed E-state index contributed by atoms with van der Waals surface area (Å²) in [4.78, 5) is 12.2. The molecule has 0 bridgehead atoms. The molecular weight excluding hydrogens is 372 g/mol. The van der Waals surface area contributed by atoms with Crippen LogP contribution in [0.2, 0.25) is 0 Å². The topological polar surface area (TPSA) is 98.5 Å². The normalized spacial score (nSPS) is 11.0. The van der Waals surface area contributed by atoms with Crippen LogP contribution in [0.4, 0.5) is 5.69 Å². The fraction of sp³-hybridized carbons (Fsp3) is 0.0714. The first kappa shape index (κ1) is 16.5. The number of benzene rings is 2. The molecule has 0 saturated carbocycles. The molecule has 0 radical (unpaired) electrons. The first-order valence-corrected chi connectivity index (χ1v) is 8.43. The number of sulfonamides is 1. The van der Waals surface area contributed by atoms with Crippen LogP contribution in [-0.4, -0.2) is 21.4 Å². The average molecular weight is 385 g/mol. The van der Waals surface area contributed by atoms with Crippen molar-refractivity contribution in [1.82, 2.24) is 0 Å². The van der Waals surface area contributed by atoms with Crippen LogP contribution in [0.1, 0.15) is 10.4 Å². The Labute approximate surface area is 136 Å². The fourth-order valence-corrected chi connectivity index (χ4v) is 2.76. The summed E-state index contributed by atoms with van der Waals surface area (Å²) in [6, 6.07) is 10.9. The Balaban J connectivity index is 2.38. The summed E-state index contributed by atoms with van der Waals surface area (Å²) in [5.41, 5.74) is 0.625. The second kappa shape index (κ2) is 6.47. The van der Waals surface area contributed by atoms with Crippen molar-refractivity contribution in [2.75, 3.05) is 12.4 Å². The van der Waals surface area contributed by atoms with E-state index in [1.165, 1.54) is 25.3 Å². The van der Waals surface area contributed by atoms with E-state index in [9.17, 15) is 13.2 Å². The predicted molar refractivity (Wildman–Crippen MR) is 86.5 cm³/mol. The molecule has 0 saturated heterocycles. The minimum atomic E-state index is -3.89. The maximum absolute atomic E-state index is 12.3. The molecule has 0 heterocycles. The lowest BCUT2D eigenvalue weighted by Gasteiger charge is -2.11. The van der Waals surface area contributed by atoms with Crippen molar-refractivity contribution in [1.29, 1.82) is 0 Å². The molecule has 0 atom stereocenters. The molecular formula is C14H13BrN2O4S. The van der Waals surface area contributed by atoms with Crippen LogP contribution in [-0.2, 0) is 10.0 Å². The SMILES string of the molecule is COc1ccccc1NC(=O)c1cc(S(N)(=O)=O)ccc1Br. The van der Waals surface area contributed by atoms with Gasteiger partial charge in [0.25, 0.3) is 5.91 Å². The molecule has 2 aromatic rings. The van der Waals surface area contributed by atoms with Crippen molar-refractivity contribution < 1.29 is 17.9 Å². The van der Waals surface area contributed by atoms with Gasteiger partial charge in [-0.3, -0.25) is 4.79 Å². The predicted octanol–water partition coefficient (Wildman–Crippen LogP) is 2.36. The third-order valence-electron chi connectivity index (χ3n) is 2.87. The van der Waals surface area contributed by atoms with Crippen molar-refractivity contribution in [3.8, 4) is 5.75 Å². The lowest BCUT2D eigenvalue weighted by molar-refractivity contribution is 0.102. The van der Waals surface area contributed by atoms with Gasteiger partial charge in [0.2, 0.25) is 10.0 Å². The van der Waals surface area contributed by atoms with Crippen LogP contribution in [0.5, 0.6) is 5.75 Å². The number of carbonyl (C=O) groups is 1. The third-order valence-corrected chi connectivity index (χ3v) is 4.47. The number of hydrogen-bond acceptors (Lipinski definition) is 4. The smallest absolute Gasteiger partial charge is 0.256 e. The van der Waals surface area contributed by atoms with E-state index in [0.29, 0.717) is 15.9 Å². The molecule has 3 N–H and O–H groups in total. The van der Waals surface area contributed by atoms with E-state index in [0.717, 1.165) is 0 Å². The summed E-state index contributed by atoms with van der Waals surface area (Å²) in [5.74, 6) is 0.0106. The van der Waals surface area contributed by atoms with Gasteiger partial charge in [0.1, 0.15) is 5.75 Å². The molecule has 22 heavy (non-hydrogen) atoms. The number of nitrogens with two attached hydrogens (primary N) is 1. The summed E-state index contributed by atoms with van der Waals surface area (Å²) in [6.07, 6.45) is 0. The molecule has 0 aliphatic rings. The molecule has 0 unspecified atom stereocenters. The Morgan fingerprint density at radius 1 is 1.23 bits per heavy atom. The van der Waals surface area contributed by atoms with Gasteiger partial charge in [0.15, 0.2) is 0 Å². The Bertz CT molecular complexity index is 821. The number of nitrogens with one attached hydrogen (secondary N) is 1. The molecule has 2 aromatic carbocycles. The average Bonchev–Trinajstić information content (AvgIpc) is 2.47. The first-order chi connectivity index (χ1) is 10.3. The highest BCUT2D eigenvalue weighted by molar-refractivity contribution is 9.10.